The lowest BCUT2D eigenvalue weighted by molar-refractivity contribution is -0.140. The SMILES string of the molecule is CNC(=O)c1cc(OC)c(N(CC#Cc2cc3c(N[C@H]4CCN(C(=O)OC(C)(C)C)CC4F)cccc3n2CC(F)(F)F)C(=O)OC(C)(C)C)cc1F. The number of halogens is 5. The molecule has 3 aromatic rings. The standard InChI is InChI=1S/C37H44F5N5O6/c1-35(2,3)52-33(49)45-16-14-28(26(39)20-45)44-27-12-9-13-29-24(27)17-22(47(29)21-37(40,41)42)11-10-15-46(34(50)53-36(4,5)6)30-19-25(38)23(32(48)43-7)18-31(30)51-8/h9,12-13,17-19,26,28,44H,14-16,20-21H2,1-8H3,(H,43,48)/t26?,28-/m0/s1. The van der Waals surface area contributed by atoms with Crippen LogP contribution in [0.4, 0.5) is 42.9 Å². The number of rotatable bonds is 7. The summed E-state index contributed by atoms with van der Waals surface area (Å²) in [7, 11) is 2.57. The summed E-state index contributed by atoms with van der Waals surface area (Å²) in [6, 6.07) is 7.30. The molecule has 4 rings (SSSR count). The predicted octanol–water partition coefficient (Wildman–Crippen LogP) is 7.26. The highest BCUT2D eigenvalue weighted by Gasteiger charge is 2.35. The predicted molar refractivity (Wildman–Crippen MR) is 190 cm³/mol. The van der Waals surface area contributed by atoms with Crippen molar-refractivity contribution in [2.75, 3.05) is 44.0 Å². The summed E-state index contributed by atoms with van der Waals surface area (Å²) in [5, 5.41) is 5.76. The van der Waals surface area contributed by atoms with Gasteiger partial charge in [0, 0.05) is 30.7 Å². The Labute approximate surface area is 304 Å². The zero-order chi connectivity index (χ0) is 39.5. The van der Waals surface area contributed by atoms with E-state index in [1.807, 2.05) is 0 Å². The van der Waals surface area contributed by atoms with E-state index in [2.05, 4.69) is 22.5 Å². The van der Waals surface area contributed by atoms with Gasteiger partial charge < -0.3 is 34.3 Å². The Kier molecular flexibility index (Phi) is 12.1. The van der Waals surface area contributed by atoms with Gasteiger partial charge in [-0.25, -0.2) is 18.4 Å². The van der Waals surface area contributed by atoms with Crippen molar-refractivity contribution in [3.8, 4) is 17.6 Å². The number of likely N-dealkylation sites (tertiary alicyclic amines) is 1. The first-order chi connectivity index (χ1) is 24.6. The first kappa shape index (κ1) is 40.6. The van der Waals surface area contributed by atoms with E-state index >= 15 is 8.78 Å². The molecular weight excluding hydrogens is 705 g/mol. The molecular formula is C37H44F5N5O6. The molecule has 0 bridgehead atoms. The van der Waals surface area contributed by atoms with Crippen LogP contribution >= 0.6 is 0 Å². The van der Waals surface area contributed by atoms with Crippen LogP contribution < -0.4 is 20.3 Å². The number of methoxy groups -OCH3 is 1. The second kappa shape index (κ2) is 15.8. The van der Waals surface area contributed by atoms with Crippen molar-refractivity contribution in [3.05, 3.63) is 53.5 Å². The Morgan fingerprint density at radius 2 is 1.70 bits per heavy atom. The molecule has 1 fully saturated rings. The molecule has 0 aliphatic carbocycles. The van der Waals surface area contributed by atoms with Gasteiger partial charge in [-0.1, -0.05) is 12.0 Å². The van der Waals surface area contributed by atoms with Crippen LogP contribution in [0.15, 0.2) is 36.4 Å². The van der Waals surface area contributed by atoms with Crippen LogP contribution in [-0.4, -0.2) is 90.9 Å². The van der Waals surface area contributed by atoms with Crippen molar-refractivity contribution in [1.82, 2.24) is 14.8 Å². The molecule has 0 radical (unpaired) electrons. The summed E-state index contributed by atoms with van der Waals surface area (Å²) in [5.41, 5.74) is -1.79. The molecule has 11 nitrogen and oxygen atoms in total. The first-order valence-electron chi connectivity index (χ1n) is 16.8. The molecule has 2 N–H and O–H groups in total. The number of benzene rings is 2. The number of carbonyl (C=O) groups excluding carboxylic acids is 3. The maximum Gasteiger partial charge on any atom is 0.415 e. The second-order valence-corrected chi connectivity index (χ2v) is 14.4. The minimum Gasteiger partial charge on any atom is -0.495 e. The van der Waals surface area contributed by atoms with Gasteiger partial charge in [-0.2, -0.15) is 13.2 Å². The number of alkyl halides is 4. The molecule has 1 aliphatic heterocycles. The van der Waals surface area contributed by atoms with Crippen molar-refractivity contribution in [2.24, 2.45) is 0 Å². The van der Waals surface area contributed by atoms with Gasteiger partial charge in [0.15, 0.2) is 0 Å². The van der Waals surface area contributed by atoms with Crippen LogP contribution in [0.5, 0.6) is 5.75 Å². The summed E-state index contributed by atoms with van der Waals surface area (Å²) in [4.78, 5) is 40.3. The molecule has 2 atom stereocenters. The average Bonchev–Trinajstić information content (AvgIpc) is 3.38. The molecule has 2 aromatic carbocycles. The van der Waals surface area contributed by atoms with Gasteiger partial charge in [-0.3, -0.25) is 9.69 Å². The molecule has 1 aromatic heterocycles. The van der Waals surface area contributed by atoms with Crippen molar-refractivity contribution < 1.29 is 50.5 Å². The molecule has 16 heteroatoms. The number of hydrogen-bond acceptors (Lipinski definition) is 7. The van der Waals surface area contributed by atoms with Gasteiger partial charge >= 0.3 is 18.4 Å². The maximum absolute atomic E-state index is 15.4. The number of hydrogen-bond donors (Lipinski definition) is 2. The zero-order valence-corrected chi connectivity index (χ0v) is 30.8. The smallest absolute Gasteiger partial charge is 0.415 e. The average molecular weight is 750 g/mol. The summed E-state index contributed by atoms with van der Waals surface area (Å²) in [5.74, 6) is 3.65. The van der Waals surface area contributed by atoms with Crippen LogP contribution in [0, 0.1) is 17.7 Å². The summed E-state index contributed by atoms with van der Waals surface area (Å²) < 4.78 is 89.4. The monoisotopic (exact) mass is 749 g/mol. The molecule has 2 heterocycles. The third-order valence-electron chi connectivity index (χ3n) is 7.92. The summed E-state index contributed by atoms with van der Waals surface area (Å²) in [6.45, 7) is 8.04. The third-order valence-corrected chi connectivity index (χ3v) is 7.92. The van der Waals surface area contributed by atoms with E-state index < -0.39 is 66.6 Å². The summed E-state index contributed by atoms with van der Waals surface area (Å²) in [6.07, 6.45) is -7.54. The Hall–Kier alpha value is -5.20. The molecule has 1 unspecified atom stereocenters. The van der Waals surface area contributed by atoms with Crippen LogP contribution in [-0.2, 0) is 16.0 Å². The van der Waals surface area contributed by atoms with Crippen molar-refractivity contribution in [2.45, 2.75) is 84.1 Å². The topological polar surface area (TPSA) is 114 Å². The van der Waals surface area contributed by atoms with Crippen molar-refractivity contribution >= 4 is 40.4 Å². The number of anilines is 2. The molecule has 1 saturated heterocycles. The highest BCUT2D eigenvalue weighted by molar-refractivity contribution is 5.97. The lowest BCUT2D eigenvalue weighted by Gasteiger charge is -2.36. The van der Waals surface area contributed by atoms with Gasteiger partial charge in [0.05, 0.1) is 48.7 Å². The lowest BCUT2D eigenvalue weighted by atomic mass is 10.0. The molecule has 53 heavy (non-hydrogen) atoms. The van der Waals surface area contributed by atoms with Gasteiger partial charge in [0.1, 0.15) is 35.5 Å². The van der Waals surface area contributed by atoms with Gasteiger partial charge in [0.2, 0.25) is 0 Å². The first-order valence-corrected chi connectivity index (χ1v) is 16.8. The highest BCUT2D eigenvalue weighted by Crippen LogP contribution is 2.34. The second-order valence-electron chi connectivity index (χ2n) is 14.4. The largest absolute Gasteiger partial charge is 0.495 e. The van der Waals surface area contributed by atoms with Gasteiger partial charge in [-0.15, -0.1) is 0 Å². The molecule has 3 amide bonds. The molecule has 0 spiro atoms. The third kappa shape index (κ3) is 10.5. The normalized spacial score (nSPS) is 16.4. The number of nitrogens with zero attached hydrogens (tertiary/aromatic N) is 3. The fraction of sp³-hybridized carbons (Fsp3) is 0.486. The Morgan fingerprint density at radius 3 is 2.28 bits per heavy atom. The Bertz CT molecular complexity index is 1900. The zero-order valence-electron chi connectivity index (χ0n) is 30.8. The van der Waals surface area contributed by atoms with Gasteiger partial charge in [-0.05, 0) is 78.1 Å². The number of piperidine rings is 1. The number of amides is 3. The van der Waals surface area contributed by atoms with Crippen LogP contribution in [0.2, 0.25) is 0 Å². The van der Waals surface area contributed by atoms with E-state index in [9.17, 15) is 27.6 Å². The van der Waals surface area contributed by atoms with E-state index in [4.69, 9.17) is 14.2 Å². The van der Waals surface area contributed by atoms with Crippen molar-refractivity contribution in [3.63, 3.8) is 0 Å². The number of fused-ring (bicyclic) bond motifs is 1. The van der Waals surface area contributed by atoms with E-state index in [1.54, 1.807) is 47.6 Å². The number of nitrogens with one attached hydrogen (secondary N) is 2. The molecule has 288 valence electrons. The maximum atomic E-state index is 15.4. The van der Waals surface area contributed by atoms with Crippen LogP contribution in [0.25, 0.3) is 10.9 Å². The fourth-order valence-electron chi connectivity index (χ4n) is 5.62. The fourth-order valence-corrected chi connectivity index (χ4v) is 5.62. The quantitative estimate of drug-likeness (QED) is 0.193. The van der Waals surface area contributed by atoms with E-state index in [1.165, 1.54) is 37.3 Å². The minimum atomic E-state index is -4.65. The number of ether oxygens (including phenoxy) is 3. The lowest BCUT2D eigenvalue weighted by Crippen LogP contribution is -2.51. The van der Waals surface area contributed by atoms with E-state index in [-0.39, 0.29) is 47.7 Å². The van der Waals surface area contributed by atoms with E-state index in [0.717, 1.165) is 21.6 Å². The summed E-state index contributed by atoms with van der Waals surface area (Å²) >= 11 is 0. The van der Waals surface area contributed by atoms with Crippen LogP contribution in [0.1, 0.15) is 64.0 Å². The molecule has 1 aliphatic rings. The highest BCUT2D eigenvalue weighted by atomic mass is 19.4. The van der Waals surface area contributed by atoms with Gasteiger partial charge in [0.25, 0.3) is 5.91 Å². The van der Waals surface area contributed by atoms with Crippen molar-refractivity contribution in [1.29, 1.82) is 0 Å². The minimum absolute atomic E-state index is 0.0670. The molecule has 0 saturated carbocycles. The van der Waals surface area contributed by atoms with Crippen LogP contribution in [0.3, 0.4) is 0 Å². The Balaban J connectivity index is 1.70. The van der Waals surface area contributed by atoms with E-state index in [0.29, 0.717) is 11.1 Å². The number of carbonyl (C=O) groups is 3. The Morgan fingerprint density at radius 1 is 1.02 bits per heavy atom. The number of aromatic nitrogens is 1.